The van der Waals surface area contributed by atoms with Crippen LogP contribution in [-0.4, -0.2) is 22.9 Å². The molecule has 1 aromatic heterocycles. The van der Waals surface area contributed by atoms with Crippen molar-refractivity contribution >= 4 is 21.2 Å². The van der Waals surface area contributed by atoms with Gasteiger partial charge in [-0.3, -0.25) is 0 Å². The van der Waals surface area contributed by atoms with Gasteiger partial charge in [0, 0.05) is 6.42 Å². The van der Waals surface area contributed by atoms with Crippen molar-refractivity contribution < 1.29 is 42.5 Å². The predicted molar refractivity (Wildman–Crippen MR) is 99.6 cm³/mol. The zero-order valence-electron chi connectivity index (χ0n) is 16.1. The first kappa shape index (κ1) is 23.6. The molecule has 0 unspecified atom stereocenters. The number of benzene rings is 1. The van der Waals surface area contributed by atoms with Crippen molar-refractivity contribution in [2.45, 2.75) is 82.4 Å². The summed E-state index contributed by atoms with van der Waals surface area (Å²) in [7, 11) is -4.42. The first-order valence-corrected chi connectivity index (χ1v) is 10.9. The number of rotatable bonds is 12. The SMILES string of the molecule is CCCCCCCCCCCCc1nc2ccc(S(=O)(=O)[O-])cc2[nH]1.[Na+]. The minimum absolute atomic E-state index is 0. The Morgan fingerprint density at radius 1 is 0.962 bits per heavy atom. The van der Waals surface area contributed by atoms with Crippen molar-refractivity contribution in [1.82, 2.24) is 9.97 Å². The van der Waals surface area contributed by atoms with Gasteiger partial charge >= 0.3 is 29.6 Å². The summed E-state index contributed by atoms with van der Waals surface area (Å²) in [6.07, 6.45) is 13.8. The summed E-state index contributed by atoms with van der Waals surface area (Å²) in [5.74, 6) is 0.856. The molecule has 0 saturated heterocycles. The van der Waals surface area contributed by atoms with E-state index in [2.05, 4.69) is 16.9 Å². The van der Waals surface area contributed by atoms with Gasteiger partial charge in [-0.15, -0.1) is 0 Å². The van der Waals surface area contributed by atoms with E-state index in [4.69, 9.17) is 0 Å². The second kappa shape index (κ2) is 12.1. The van der Waals surface area contributed by atoms with Crippen LogP contribution in [0.4, 0.5) is 0 Å². The van der Waals surface area contributed by atoms with Gasteiger partial charge in [0.1, 0.15) is 15.9 Å². The van der Waals surface area contributed by atoms with Crippen LogP contribution in [0, 0.1) is 0 Å². The maximum atomic E-state index is 11.1. The van der Waals surface area contributed by atoms with Crippen LogP contribution in [0.1, 0.15) is 77.0 Å². The maximum Gasteiger partial charge on any atom is 1.00 e. The van der Waals surface area contributed by atoms with E-state index in [-0.39, 0.29) is 34.5 Å². The van der Waals surface area contributed by atoms with Gasteiger partial charge in [-0.05, 0) is 24.6 Å². The summed E-state index contributed by atoms with van der Waals surface area (Å²) >= 11 is 0. The van der Waals surface area contributed by atoms with Crippen molar-refractivity contribution in [2.75, 3.05) is 0 Å². The quantitative estimate of drug-likeness (QED) is 0.342. The molecule has 1 N–H and O–H groups in total. The normalized spacial score (nSPS) is 11.6. The molecule has 0 spiro atoms. The molecule has 1 aromatic carbocycles. The van der Waals surface area contributed by atoms with Gasteiger partial charge in [0.05, 0.1) is 15.9 Å². The third-order valence-corrected chi connectivity index (χ3v) is 5.39. The van der Waals surface area contributed by atoms with Gasteiger partial charge in [0.25, 0.3) is 0 Å². The van der Waals surface area contributed by atoms with Crippen LogP contribution in [0.3, 0.4) is 0 Å². The maximum absolute atomic E-state index is 11.1. The van der Waals surface area contributed by atoms with Gasteiger partial charge in [0.15, 0.2) is 0 Å². The Hall–Kier alpha value is -0.400. The number of aryl methyl sites for hydroxylation is 1. The average Bonchev–Trinajstić information content (AvgIpc) is 2.97. The minimum Gasteiger partial charge on any atom is -0.744 e. The Labute approximate surface area is 179 Å². The van der Waals surface area contributed by atoms with Crippen LogP contribution in [0.5, 0.6) is 0 Å². The van der Waals surface area contributed by atoms with Crippen LogP contribution < -0.4 is 29.6 Å². The molecule has 0 aliphatic rings. The zero-order valence-corrected chi connectivity index (χ0v) is 18.9. The molecule has 5 nitrogen and oxygen atoms in total. The molecule has 26 heavy (non-hydrogen) atoms. The van der Waals surface area contributed by atoms with Crippen LogP contribution in [-0.2, 0) is 16.5 Å². The molecule has 0 radical (unpaired) electrons. The molecule has 0 aliphatic carbocycles. The van der Waals surface area contributed by atoms with E-state index in [9.17, 15) is 13.0 Å². The molecule has 7 heteroatoms. The summed E-state index contributed by atoms with van der Waals surface area (Å²) in [5, 5.41) is 0. The standard InChI is InChI=1S/C19H30N2O3S.Na/c1-2-3-4-5-6-7-8-9-10-11-12-19-20-17-14-13-16(25(22,23)24)15-18(17)21-19;/h13-15H,2-12H2,1H3,(H,20,21)(H,22,23,24);/q;+1/p-1. The number of nitrogens with one attached hydrogen (secondary N) is 1. The van der Waals surface area contributed by atoms with Gasteiger partial charge in [-0.1, -0.05) is 64.7 Å². The van der Waals surface area contributed by atoms with E-state index in [0.29, 0.717) is 11.0 Å². The Morgan fingerprint density at radius 2 is 1.54 bits per heavy atom. The number of imidazole rings is 1. The van der Waals surface area contributed by atoms with Gasteiger partial charge in [-0.2, -0.15) is 0 Å². The third-order valence-electron chi connectivity index (χ3n) is 4.56. The Kier molecular flexibility index (Phi) is 11.0. The summed E-state index contributed by atoms with van der Waals surface area (Å²) in [4.78, 5) is 7.37. The summed E-state index contributed by atoms with van der Waals surface area (Å²) in [6, 6.07) is 4.27. The van der Waals surface area contributed by atoms with Gasteiger partial charge < -0.3 is 9.54 Å². The first-order chi connectivity index (χ1) is 12.0. The fraction of sp³-hybridized carbons (Fsp3) is 0.632. The summed E-state index contributed by atoms with van der Waals surface area (Å²) in [5.41, 5.74) is 1.31. The van der Waals surface area contributed by atoms with E-state index < -0.39 is 10.1 Å². The van der Waals surface area contributed by atoms with Gasteiger partial charge in [0.2, 0.25) is 0 Å². The van der Waals surface area contributed by atoms with Crippen molar-refractivity contribution in [3.05, 3.63) is 24.0 Å². The van der Waals surface area contributed by atoms with Gasteiger partial charge in [-0.25, -0.2) is 13.4 Å². The van der Waals surface area contributed by atoms with Crippen LogP contribution in [0.2, 0.25) is 0 Å². The van der Waals surface area contributed by atoms with Crippen molar-refractivity contribution in [1.29, 1.82) is 0 Å². The monoisotopic (exact) mass is 388 g/mol. The number of hydrogen-bond donors (Lipinski definition) is 1. The number of H-pyrrole nitrogens is 1. The van der Waals surface area contributed by atoms with E-state index in [1.807, 2.05) is 0 Å². The van der Waals surface area contributed by atoms with Crippen LogP contribution in [0.15, 0.2) is 23.1 Å². The molecule has 2 rings (SSSR count). The van der Waals surface area contributed by atoms with E-state index in [1.54, 1.807) is 6.07 Å². The molecule has 0 amide bonds. The zero-order chi connectivity index (χ0) is 18.1. The predicted octanol–water partition coefficient (Wildman–Crippen LogP) is 1.93. The Balaban J connectivity index is 0.00000338. The largest absolute Gasteiger partial charge is 1.00 e. The van der Waals surface area contributed by atoms with Crippen molar-refractivity contribution in [2.24, 2.45) is 0 Å². The Morgan fingerprint density at radius 3 is 2.12 bits per heavy atom. The van der Waals surface area contributed by atoms with Crippen molar-refractivity contribution in [3.8, 4) is 0 Å². The number of unbranched alkanes of at least 4 members (excludes halogenated alkanes) is 9. The number of fused-ring (bicyclic) bond motifs is 1. The fourth-order valence-electron chi connectivity index (χ4n) is 3.10. The molecule has 140 valence electrons. The second-order valence-corrected chi connectivity index (χ2v) is 8.13. The number of aromatic nitrogens is 2. The number of hydrogen-bond acceptors (Lipinski definition) is 4. The molecule has 1 heterocycles. The third kappa shape index (κ3) is 8.09. The molecule has 0 saturated carbocycles. The Bertz CT molecular complexity index is 759. The van der Waals surface area contributed by atoms with Crippen LogP contribution >= 0.6 is 0 Å². The van der Waals surface area contributed by atoms with E-state index in [1.165, 1.54) is 69.9 Å². The molecule has 0 aliphatic heterocycles. The molecule has 0 bridgehead atoms. The second-order valence-electron chi connectivity index (χ2n) is 6.75. The van der Waals surface area contributed by atoms with E-state index in [0.717, 1.165) is 18.7 Å². The average molecular weight is 389 g/mol. The molecular formula is C19H29N2NaO3S. The molecule has 0 fully saturated rings. The molecule has 2 aromatic rings. The number of aromatic amines is 1. The molecular weight excluding hydrogens is 359 g/mol. The topological polar surface area (TPSA) is 85.9 Å². The summed E-state index contributed by atoms with van der Waals surface area (Å²) in [6.45, 7) is 2.24. The smallest absolute Gasteiger partial charge is 0.744 e. The first-order valence-electron chi connectivity index (χ1n) is 9.45. The van der Waals surface area contributed by atoms with Crippen LogP contribution in [0.25, 0.3) is 11.0 Å². The number of nitrogens with zero attached hydrogens (tertiary/aromatic N) is 1. The summed E-state index contributed by atoms with van der Waals surface area (Å²) < 4.78 is 33.2. The molecule has 0 atom stereocenters. The van der Waals surface area contributed by atoms with Crippen molar-refractivity contribution in [3.63, 3.8) is 0 Å². The fourth-order valence-corrected chi connectivity index (χ4v) is 3.59. The minimum atomic E-state index is -4.42. The van der Waals surface area contributed by atoms with E-state index >= 15 is 0 Å².